The van der Waals surface area contributed by atoms with Gasteiger partial charge in [-0.1, -0.05) is 13.8 Å². The molecular formula is C14H28N2O2. The maximum Gasteiger partial charge on any atom is 0.236 e. The second-order valence-corrected chi connectivity index (χ2v) is 5.69. The van der Waals surface area contributed by atoms with Crippen LogP contribution in [0.15, 0.2) is 0 Å². The molecule has 1 N–H and O–H groups in total. The van der Waals surface area contributed by atoms with E-state index in [-0.39, 0.29) is 5.91 Å². The van der Waals surface area contributed by atoms with Gasteiger partial charge >= 0.3 is 0 Å². The van der Waals surface area contributed by atoms with Gasteiger partial charge in [-0.2, -0.15) is 0 Å². The van der Waals surface area contributed by atoms with E-state index in [1.165, 1.54) is 0 Å². The van der Waals surface area contributed by atoms with Crippen molar-refractivity contribution in [1.29, 1.82) is 0 Å². The topological polar surface area (TPSA) is 43.8 Å². The lowest BCUT2D eigenvalue weighted by molar-refractivity contribution is -0.134. The highest BCUT2D eigenvalue weighted by Crippen LogP contribution is 2.20. The fourth-order valence-corrected chi connectivity index (χ4v) is 2.65. The highest BCUT2D eigenvalue weighted by Gasteiger charge is 2.29. The van der Waals surface area contributed by atoms with Gasteiger partial charge in [-0.25, -0.2) is 0 Å². The third-order valence-corrected chi connectivity index (χ3v) is 3.45. The third-order valence-electron chi connectivity index (χ3n) is 3.45. The molecule has 1 atom stereocenters. The maximum atomic E-state index is 12.2. The second-order valence-electron chi connectivity index (χ2n) is 5.69. The van der Waals surface area contributed by atoms with Crippen LogP contribution >= 0.6 is 0 Å². The first kappa shape index (κ1) is 15.4. The summed E-state index contributed by atoms with van der Waals surface area (Å²) in [5.41, 5.74) is -0.626. The van der Waals surface area contributed by atoms with Gasteiger partial charge < -0.3 is 10.0 Å². The van der Waals surface area contributed by atoms with Crippen LogP contribution < -0.4 is 0 Å². The van der Waals surface area contributed by atoms with E-state index in [4.69, 9.17) is 0 Å². The minimum Gasteiger partial charge on any atom is -0.389 e. The van der Waals surface area contributed by atoms with Gasteiger partial charge in [0.1, 0.15) is 0 Å². The Bertz CT molecular complexity index is 261. The minimum absolute atomic E-state index is 0.205. The molecular weight excluding hydrogens is 228 g/mol. The lowest BCUT2D eigenvalue weighted by Gasteiger charge is -2.37. The third kappa shape index (κ3) is 4.94. The molecule has 1 aliphatic heterocycles. The molecule has 0 aromatic carbocycles. The number of piperidine rings is 1. The summed E-state index contributed by atoms with van der Waals surface area (Å²) in [6, 6.07) is 0. The monoisotopic (exact) mass is 256 g/mol. The minimum atomic E-state index is -0.626. The molecule has 0 bridgehead atoms. The highest BCUT2D eigenvalue weighted by atomic mass is 16.3. The zero-order valence-electron chi connectivity index (χ0n) is 12.1. The number of carbonyl (C=O) groups excluding carboxylic acids is 1. The predicted octanol–water partition coefficient (Wildman–Crippen LogP) is 1.48. The molecule has 0 spiro atoms. The van der Waals surface area contributed by atoms with Crippen LogP contribution in [0.4, 0.5) is 0 Å². The first-order valence-corrected chi connectivity index (χ1v) is 7.21. The van der Waals surface area contributed by atoms with E-state index in [1.54, 1.807) is 0 Å². The highest BCUT2D eigenvalue weighted by molar-refractivity contribution is 5.78. The number of likely N-dealkylation sites (tertiary alicyclic amines) is 1. The van der Waals surface area contributed by atoms with Crippen LogP contribution in [-0.4, -0.2) is 59.1 Å². The van der Waals surface area contributed by atoms with Gasteiger partial charge in [0.2, 0.25) is 5.91 Å². The van der Waals surface area contributed by atoms with E-state index in [9.17, 15) is 9.90 Å². The van der Waals surface area contributed by atoms with E-state index in [1.807, 2.05) is 11.8 Å². The van der Waals surface area contributed by atoms with Gasteiger partial charge in [0, 0.05) is 19.6 Å². The van der Waals surface area contributed by atoms with Gasteiger partial charge in [-0.05, 0) is 39.2 Å². The average Bonchev–Trinajstić information content (AvgIpc) is 2.27. The first-order chi connectivity index (χ1) is 8.48. The Morgan fingerprint density at radius 3 is 2.44 bits per heavy atom. The van der Waals surface area contributed by atoms with Crippen LogP contribution in [0.2, 0.25) is 0 Å². The van der Waals surface area contributed by atoms with E-state index in [0.717, 1.165) is 45.3 Å². The molecule has 1 rings (SSSR count). The first-order valence-electron chi connectivity index (χ1n) is 7.21. The molecule has 106 valence electrons. The van der Waals surface area contributed by atoms with E-state index in [0.29, 0.717) is 13.1 Å². The molecule has 0 aromatic rings. The quantitative estimate of drug-likeness (QED) is 0.783. The van der Waals surface area contributed by atoms with Crippen LogP contribution in [0, 0.1) is 0 Å². The molecule has 18 heavy (non-hydrogen) atoms. The summed E-state index contributed by atoms with van der Waals surface area (Å²) < 4.78 is 0. The number of β-amino-alcohol motifs (C(OH)–C–C–N with tert-alkyl or cyclic N) is 1. The number of carbonyl (C=O) groups is 1. The van der Waals surface area contributed by atoms with Crippen molar-refractivity contribution in [3.05, 3.63) is 0 Å². The lowest BCUT2D eigenvalue weighted by Crippen LogP contribution is -2.50. The normalized spacial score (nSPS) is 25.1. The summed E-state index contributed by atoms with van der Waals surface area (Å²) >= 11 is 0. The molecule has 0 saturated carbocycles. The van der Waals surface area contributed by atoms with E-state index < -0.39 is 5.60 Å². The molecule has 4 nitrogen and oxygen atoms in total. The summed E-state index contributed by atoms with van der Waals surface area (Å²) in [5, 5.41) is 10.0. The van der Waals surface area contributed by atoms with Crippen LogP contribution in [0.1, 0.15) is 46.5 Å². The van der Waals surface area contributed by atoms with E-state index in [2.05, 4.69) is 18.7 Å². The van der Waals surface area contributed by atoms with Crippen molar-refractivity contribution in [3.8, 4) is 0 Å². The zero-order valence-corrected chi connectivity index (χ0v) is 12.1. The molecule has 1 unspecified atom stereocenters. The lowest BCUT2D eigenvalue weighted by atomic mass is 9.95. The maximum absolute atomic E-state index is 12.2. The van der Waals surface area contributed by atoms with Gasteiger partial charge in [0.05, 0.1) is 12.1 Å². The van der Waals surface area contributed by atoms with Crippen molar-refractivity contribution >= 4 is 5.91 Å². The van der Waals surface area contributed by atoms with Crippen molar-refractivity contribution in [2.24, 2.45) is 0 Å². The van der Waals surface area contributed by atoms with Crippen LogP contribution in [0.25, 0.3) is 0 Å². The summed E-state index contributed by atoms with van der Waals surface area (Å²) in [7, 11) is 0. The largest absolute Gasteiger partial charge is 0.389 e. The standard InChI is InChI=1S/C14H28N2O2/c1-4-8-16(9-5-2)13(17)11-15-10-6-7-14(3,18)12-15/h18H,4-12H2,1-3H3. The second kappa shape index (κ2) is 7.10. The summed E-state index contributed by atoms with van der Waals surface area (Å²) in [6.07, 6.45) is 3.82. The van der Waals surface area contributed by atoms with Crippen molar-refractivity contribution in [3.63, 3.8) is 0 Å². The summed E-state index contributed by atoms with van der Waals surface area (Å²) in [5.74, 6) is 0.205. The Hall–Kier alpha value is -0.610. The Balaban J connectivity index is 2.46. The van der Waals surface area contributed by atoms with Crippen molar-refractivity contribution in [2.45, 2.75) is 52.1 Å². The summed E-state index contributed by atoms with van der Waals surface area (Å²) in [4.78, 5) is 16.2. The smallest absolute Gasteiger partial charge is 0.236 e. The van der Waals surface area contributed by atoms with E-state index >= 15 is 0 Å². The number of hydrogen-bond donors (Lipinski definition) is 1. The number of nitrogens with zero attached hydrogens (tertiary/aromatic N) is 2. The van der Waals surface area contributed by atoms with Gasteiger partial charge in [-0.3, -0.25) is 9.69 Å². The molecule has 1 heterocycles. The van der Waals surface area contributed by atoms with Crippen molar-refractivity contribution < 1.29 is 9.90 Å². The molecule has 1 aliphatic rings. The van der Waals surface area contributed by atoms with Crippen molar-refractivity contribution in [2.75, 3.05) is 32.7 Å². The number of amides is 1. The molecule has 1 saturated heterocycles. The molecule has 1 fully saturated rings. The van der Waals surface area contributed by atoms with Crippen LogP contribution in [0.5, 0.6) is 0 Å². The van der Waals surface area contributed by atoms with Gasteiger partial charge in [-0.15, -0.1) is 0 Å². The van der Waals surface area contributed by atoms with Crippen molar-refractivity contribution in [1.82, 2.24) is 9.80 Å². The van der Waals surface area contributed by atoms with Gasteiger partial charge in [0.15, 0.2) is 0 Å². The molecule has 0 aliphatic carbocycles. The number of hydrogen-bond acceptors (Lipinski definition) is 3. The Morgan fingerprint density at radius 2 is 1.94 bits per heavy atom. The fraction of sp³-hybridized carbons (Fsp3) is 0.929. The molecule has 0 radical (unpaired) electrons. The summed E-state index contributed by atoms with van der Waals surface area (Å²) in [6.45, 7) is 9.74. The zero-order chi connectivity index (χ0) is 13.6. The Morgan fingerprint density at radius 1 is 1.33 bits per heavy atom. The van der Waals surface area contributed by atoms with Gasteiger partial charge in [0.25, 0.3) is 0 Å². The average molecular weight is 256 g/mol. The number of aliphatic hydroxyl groups is 1. The molecule has 1 amide bonds. The number of rotatable bonds is 6. The predicted molar refractivity (Wildman–Crippen MR) is 73.5 cm³/mol. The fourth-order valence-electron chi connectivity index (χ4n) is 2.65. The SMILES string of the molecule is CCCN(CCC)C(=O)CN1CCCC(C)(O)C1. The van der Waals surface area contributed by atoms with Crippen LogP contribution in [-0.2, 0) is 4.79 Å². The molecule has 4 heteroatoms. The Kier molecular flexibility index (Phi) is 6.09. The van der Waals surface area contributed by atoms with Crippen LogP contribution in [0.3, 0.4) is 0 Å². The molecule has 0 aromatic heterocycles. The Labute approximate surface area is 111 Å².